The van der Waals surface area contributed by atoms with Crippen molar-refractivity contribution in [1.82, 2.24) is 30.0 Å². The van der Waals surface area contributed by atoms with Crippen molar-refractivity contribution in [3.63, 3.8) is 0 Å². The van der Waals surface area contributed by atoms with Crippen molar-refractivity contribution in [1.29, 1.82) is 0 Å². The van der Waals surface area contributed by atoms with Crippen molar-refractivity contribution < 1.29 is 0 Å². The van der Waals surface area contributed by atoms with Gasteiger partial charge in [0.05, 0.1) is 24.6 Å². The Labute approximate surface area is 173 Å². The zero-order chi connectivity index (χ0) is 20.1. The predicted octanol–water partition coefficient (Wildman–Crippen LogP) is 3.41. The Bertz CT molecular complexity index is 1150. The fraction of sp³-hybridized carbons (Fsp3) is 0.0952. The number of rotatable bonds is 6. The van der Waals surface area contributed by atoms with Crippen molar-refractivity contribution in [3.8, 4) is 11.3 Å². The highest BCUT2D eigenvalue weighted by atomic mass is 32.1. The van der Waals surface area contributed by atoms with Gasteiger partial charge in [0.25, 0.3) is 0 Å². The average Bonchev–Trinajstić information content (AvgIpc) is 3.21. The predicted molar refractivity (Wildman–Crippen MR) is 119 cm³/mol. The second-order valence-electron chi connectivity index (χ2n) is 6.33. The minimum Gasteiger partial charge on any atom is -0.359 e. The first-order chi connectivity index (χ1) is 14.2. The Morgan fingerprint density at radius 1 is 1.10 bits per heavy atom. The van der Waals surface area contributed by atoms with Gasteiger partial charge < -0.3 is 10.6 Å². The van der Waals surface area contributed by atoms with Gasteiger partial charge in [-0.1, -0.05) is 36.4 Å². The summed E-state index contributed by atoms with van der Waals surface area (Å²) < 4.78 is 1.88. The molecule has 0 aliphatic rings. The van der Waals surface area contributed by atoms with Gasteiger partial charge in [-0.3, -0.25) is 9.67 Å². The summed E-state index contributed by atoms with van der Waals surface area (Å²) in [5.41, 5.74) is 4.04. The minimum atomic E-state index is 0.475. The van der Waals surface area contributed by atoms with E-state index in [1.807, 2.05) is 41.2 Å². The van der Waals surface area contributed by atoms with Gasteiger partial charge in [-0.2, -0.15) is 5.10 Å². The molecule has 0 saturated carbocycles. The number of benzene rings is 1. The Balaban J connectivity index is 1.55. The summed E-state index contributed by atoms with van der Waals surface area (Å²) in [6.07, 6.45) is 7.21. The van der Waals surface area contributed by atoms with Crippen LogP contribution < -0.4 is 10.6 Å². The van der Waals surface area contributed by atoms with Crippen molar-refractivity contribution in [2.45, 2.75) is 6.54 Å². The lowest BCUT2D eigenvalue weighted by Gasteiger charge is -2.08. The van der Waals surface area contributed by atoms with Crippen LogP contribution in [0.4, 0.5) is 5.82 Å². The van der Waals surface area contributed by atoms with Gasteiger partial charge in [0, 0.05) is 18.3 Å². The number of nitrogens with zero attached hydrogens (tertiary/aromatic N) is 5. The number of fused-ring (bicyclic) bond motifs is 1. The number of hydrogen-bond acceptors (Lipinski definition) is 5. The molecule has 3 heterocycles. The largest absolute Gasteiger partial charge is 0.359 e. The highest BCUT2D eigenvalue weighted by Gasteiger charge is 2.08. The zero-order valence-electron chi connectivity index (χ0n) is 15.6. The van der Waals surface area contributed by atoms with E-state index < -0.39 is 0 Å². The molecule has 0 saturated heterocycles. The summed E-state index contributed by atoms with van der Waals surface area (Å²) in [5, 5.41) is 11.0. The van der Waals surface area contributed by atoms with E-state index in [1.165, 1.54) is 5.56 Å². The van der Waals surface area contributed by atoms with Crippen LogP contribution in [0, 0.1) is 0 Å². The molecule has 4 rings (SSSR count). The van der Waals surface area contributed by atoms with Crippen LogP contribution in [0.5, 0.6) is 0 Å². The molecule has 7 nitrogen and oxygen atoms in total. The Kier molecular flexibility index (Phi) is 5.53. The number of anilines is 1. The molecule has 0 aliphatic heterocycles. The van der Waals surface area contributed by atoms with Crippen LogP contribution in [0.1, 0.15) is 5.56 Å². The number of nitrogens with one attached hydrogen (secondary N) is 2. The van der Waals surface area contributed by atoms with E-state index in [0.717, 1.165) is 5.56 Å². The molecule has 0 spiro atoms. The Morgan fingerprint density at radius 3 is 2.79 bits per heavy atom. The third-order valence-corrected chi connectivity index (χ3v) is 4.42. The number of hydrogen-bond donors (Lipinski definition) is 2. The topological polar surface area (TPSA) is 80.5 Å². The first kappa shape index (κ1) is 18.7. The van der Waals surface area contributed by atoms with Crippen LogP contribution in [0.15, 0.2) is 73.7 Å². The standard InChI is InChI=1S/C21H19N7S/c1-2-10-22-21(29)27-19-9-8-17-20(26-19)25-18(12-23-17)16-11-24-28(14-16)13-15-6-4-3-5-7-15/h2-9,11-12,14H,1,10,13H2,(H2,22,25,26,27,29). The summed E-state index contributed by atoms with van der Waals surface area (Å²) in [6.45, 7) is 4.93. The molecule has 2 N–H and O–H groups in total. The van der Waals surface area contributed by atoms with E-state index in [4.69, 9.17) is 12.2 Å². The smallest absolute Gasteiger partial charge is 0.180 e. The molecule has 0 aliphatic carbocycles. The van der Waals surface area contributed by atoms with E-state index in [-0.39, 0.29) is 0 Å². The van der Waals surface area contributed by atoms with Crippen LogP contribution in [0.3, 0.4) is 0 Å². The van der Waals surface area contributed by atoms with Crippen molar-refractivity contribution >= 4 is 34.3 Å². The Hall–Kier alpha value is -3.65. The lowest BCUT2D eigenvalue weighted by atomic mass is 10.2. The second kappa shape index (κ2) is 8.57. The molecule has 3 aromatic heterocycles. The lowest BCUT2D eigenvalue weighted by molar-refractivity contribution is 0.687. The van der Waals surface area contributed by atoms with E-state index in [2.05, 4.69) is 49.4 Å². The zero-order valence-corrected chi connectivity index (χ0v) is 16.4. The highest BCUT2D eigenvalue weighted by Crippen LogP contribution is 2.19. The van der Waals surface area contributed by atoms with Gasteiger partial charge >= 0.3 is 0 Å². The first-order valence-electron chi connectivity index (χ1n) is 9.07. The van der Waals surface area contributed by atoms with Gasteiger partial charge in [0.2, 0.25) is 0 Å². The summed E-state index contributed by atoms with van der Waals surface area (Å²) >= 11 is 5.23. The van der Waals surface area contributed by atoms with Crippen LogP contribution in [-0.2, 0) is 6.54 Å². The van der Waals surface area contributed by atoms with Gasteiger partial charge in [0.1, 0.15) is 11.3 Å². The molecule has 0 amide bonds. The average molecular weight is 401 g/mol. The van der Waals surface area contributed by atoms with Gasteiger partial charge in [-0.05, 0) is 29.9 Å². The molecule has 0 bridgehead atoms. The van der Waals surface area contributed by atoms with Crippen molar-refractivity contribution in [2.24, 2.45) is 0 Å². The maximum absolute atomic E-state index is 5.23. The van der Waals surface area contributed by atoms with Crippen LogP contribution in [-0.4, -0.2) is 36.4 Å². The molecular weight excluding hydrogens is 382 g/mol. The molecule has 0 atom stereocenters. The molecule has 4 aromatic rings. The minimum absolute atomic E-state index is 0.475. The SMILES string of the molecule is C=CCNC(=S)Nc1ccc2ncc(-c3cnn(Cc4ccccc4)c3)nc2n1. The van der Waals surface area contributed by atoms with E-state index >= 15 is 0 Å². The quantitative estimate of drug-likeness (QED) is 0.378. The molecule has 8 heteroatoms. The summed E-state index contributed by atoms with van der Waals surface area (Å²) in [4.78, 5) is 13.6. The van der Waals surface area contributed by atoms with E-state index in [9.17, 15) is 0 Å². The molecule has 0 radical (unpaired) electrons. The highest BCUT2D eigenvalue weighted by molar-refractivity contribution is 7.80. The third kappa shape index (κ3) is 4.61. The third-order valence-electron chi connectivity index (χ3n) is 4.17. The van der Waals surface area contributed by atoms with E-state index in [0.29, 0.717) is 40.9 Å². The first-order valence-corrected chi connectivity index (χ1v) is 9.48. The van der Waals surface area contributed by atoms with Gasteiger partial charge in [0.15, 0.2) is 10.8 Å². The summed E-state index contributed by atoms with van der Waals surface area (Å²) in [7, 11) is 0. The molecular formula is C21H19N7S. The normalized spacial score (nSPS) is 10.6. The number of pyridine rings is 1. The van der Waals surface area contributed by atoms with Crippen molar-refractivity contribution in [3.05, 3.63) is 79.3 Å². The molecule has 144 valence electrons. The summed E-state index contributed by atoms with van der Waals surface area (Å²) in [5.74, 6) is 0.602. The number of aromatic nitrogens is 5. The molecule has 0 fully saturated rings. The van der Waals surface area contributed by atoms with Gasteiger partial charge in [-0.25, -0.2) is 9.97 Å². The maximum Gasteiger partial charge on any atom is 0.180 e. The number of thiocarbonyl (C=S) groups is 1. The fourth-order valence-corrected chi connectivity index (χ4v) is 2.97. The van der Waals surface area contributed by atoms with Crippen LogP contribution >= 0.6 is 12.2 Å². The van der Waals surface area contributed by atoms with Crippen LogP contribution in [0.25, 0.3) is 22.4 Å². The Morgan fingerprint density at radius 2 is 1.97 bits per heavy atom. The molecule has 1 aromatic carbocycles. The molecule has 0 unspecified atom stereocenters. The fourth-order valence-electron chi connectivity index (χ4n) is 2.78. The monoisotopic (exact) mass is 401 g/mol. The summed E-state index contributed by atoms with van der Waals surface area (Å²) in [6, 6.07) is 13.9. The van der Waals surface area contributed by atoms with Crippen LogP contribution in [0.2, 0.25) is 0 Å². The lowest BCUT2D eigenvalue weighted by Crippen LogP contribution is -2.28. The van der Waals surface area contributed by atoms with Gasteiger partial charge in [-0.15, -0.1) is 6.58 Å². The maximum atomic E-state index is 5.23. The van der Waals surface area contributed by atoms with Crippen molar-refractivity contribution in [2.75, 3.05) is 11.9 Å². The van der Waals surface area contributed by atoms with E-state index in [1.54, 1.807) is 18.5 Å². The second-order valence-corrected chi connectivity index (χ2v) is 6.74. The molecule has 29 heavy (non-hydrogen) atoms.